The van der Waals surface area contributed by atoms with Crippen molar-refractivity contribution in [1.29, 1.82) is 0 Å². The molecule has 1 fully saturated rings. The highest BCUT2D eigenvalue weighted by atomic mass is 16.1. The van der Waals surface area contributed by atoms with Crippen LogP contribution in [0.4, 0.5) is 0 Å². The van der Waals surface area contributed by atoms with Gasteiger partial charge in [0.15, 0.2) is 5.78 Å². The SMILES string of the molecule is Cc1cccc([C@@H]2C3=C(N=C4CC(C)(C)CC(=O)C42)c2ccccc2C3=O)c1. The molecular weight excluding hydrogens is 346 g/mol. The van der Waals surface area contributed by atoms with E-state index in [2.05, 4.69) is 26.0 Å². The number of carbonyl (C=O) groups excluding carboxylic acids is 2. The minimum absolute atomic E-state index is 0.0255. The highest BCUT2D eigenvalue weighted by Crippen LogP contribution is 2.51. The van der Waals surface area contributed by atoms with Crippen molar-refractivity contribution in [1.82, 2.24) is 0 Å². The van der Waals surface area contributed by atoms with Gasteiger partial charge in [-0.3, -0.25) is 14.6 Å². The lowest BCUT2D eigenvalue weighted by Crippen LogP contribution is -2.43. The number of hydrogen-bond donors (Lipinski definition) is 0. The molecule has 2 aliphatic carbocycles. The van der Waals surface area contributed by atoms with E-state index in [0.29, 0.717) is 17.6 Å². The van der Waals surface area contributed by atoms with Gasteiger partial charge in [-0.05, 0) is 24.3 Å². The minimum Gasteiger partial charge on any atom is -0.299 e. The maximum Gasteiger partial charge on any atom is 0.192 e. The number of hydrogen-bond acceptors (Lipinski definition) is 3. The lowest BCUT2D eigenvalue weighted by Gasteiger charge is -2.40. The van der Waals surface area contributed by atoms with Gasteiger partial charge in [-0.15, -0.1) is 0 Å². The number of aliphatic imine (C=N–C) groups is 1. The molecule has 2 aromatic carbocycles. The minimum atomic E-state index is -0.327. The van der Waals surface area contributed by atoms with E-state index in [9.17, 15) is 9.59 Å². The molecule has 140 valence electrons. The van der Waals surface area contributed by atoms with Gasteiger partial charge in [0.05, 0.1) is 11.6 Å². The number of fused-ring (bicyclic) bond motifs is 3. The summed E-state index contributed by atoms with van der Waals surface area (Å²) in [5.41, 5.74) is 6.12. The predicted octanol–water partition coefficient (Wildman–Crippen LogP) is 5.15. The average Bonchev–Trinajstić information content (AvgIpc) is 2.92. The number of aryl methyl sites for hydroxylation is 1. The van der Waals surface area contributed by atoms with E-state index in [0.717, 1.165) is 34.5 Å². The smallest absolute Gasteiger partial charge is 0.192 e. The van der Waals surface area contributed by atoms with Crippen molar-refractivity contribution in [3.63, 3.8) is 0 Å². The summed E-state index contributed by atoms with van der Waals surface area (Å²) in [6, 6.07) is 15.9. The molecule has 2 atom stereocenters. The molecule has 5 rings (SSSR count). The van der Waals surface area contributed by atoms with Crippen molar-refractivity contribution < 1.29 is 9.59 Å². The van der Waals surface area contributed by atoms with Crippen molar-refractivity contribution in [2.75, 3.05) is 0 Å². The molecule has 0 spiro atoms. The third kappa shape index (κ3) is 2.46. The summed E-state index contributed by atoms with van der Waals surface area (Å²) in [7, 11) is 0. The van der Waals surface area contributed by atoms with E-state index in [-0.39, 0.29) is 28.8 Å². The van der Waals surface area contributed by atoms with Crippen molar-refractivity contribution in [3.05, 3.63) is 76.4 Å². The van der Waals surface area contributed by atoms with Crippen LogP contribution < -0.4 is 0 Å². The molecule has 0 N–H and O–H groups in total. The Bertz CT molecular complexity index is 1100. The molecule has 0 saturated heterocycles. The van der Waals surface area contributed by atoms with Crippen LogP contribution in [0.25, 0.3) is 5.70 Å². The third-order valence-corrected chi connectivity index (χ3v) is 6.25. The summed E-state index contributed by atoms with van der Waals surface area (Å²) in [4.78, 5) is 31.6. The van der Waals surface area contributed by atoms with E-state index in [1.807, 2.05) is 43.3 Å². The highest BCUT2D eigenvalue weighted by molar-refractivity contribution is 6.25. The number of carbonyl (C=O) groups is 2. The second-order valence-electron chi connectivity index (χ2n) is 9.09. The molecule has 3 nitrogen and oxygen atoms in total. The molecular formula is C25H23NO2. The first-order valence-corrected chi connectivity index (χ1v) is 9.91. The van der Waals surface area contributed by atoms with Gasteiger partial charge in [0.1, 0.15) is 5.78 Å². The Morgan fingerprint density at radius 1 is 0.929 bits per heavy atom. The van der Waals surface area contributed by atoms with Crippen LogP contribution >= 0.6 is 0 Å². The maximum absolute atomic E-state index is 13.4. The fourth-order valence-corrected chi connectivity index (χ4v) is 5.14. The molecule has 1 saturated carbocycles. The average molecular weight is 369 g/mol. The number of ketones is 2. The lowest BCUT2D eigenvalue weighted by molar-refractivity contribution is -0.124. The van der Waals surface area contributed by atoms with Crippen LogP contribution in [-0.4, -0.2) is 17.3 Å². The molecule has 0 aromatic heterocycles. The van der Waals surface area contributed by atoms with Gasteiger partial charge in [-0.25, -0.2) is 0 Å². The van der Waals surface area contributed by atoms with E-state index < -0.39 is 0 Å². The van der Waals surface area contributed by atoms with Gasteiger partial charge in [0.2, 0.25) is 0 Å². The predicted molar refractivity (Wildman–Crippen MR) is 111 cm³/mol. The maximum atomic E-state index is 13.4. The normalized spacial score (nSPS) is 25.2. The fourth-order valence-electron chi connectivity index (χ4n) is 5.14. The fraction of sp³-hybridized carbons (Fsp3) is 0.320. The summed E-state index contributed by atoms with van der Waals surface area (Å²) >= 11 is 0. The first-order chi connectivity index (χ1) is 13.4. The zero-order valence-corrected chi connectivity index (χ0v) is 16.5. The van der Waals surface area contributed by atoms with Crippen LogP contribution in [0.1, 0.15) is 59.7 Å². The molecule has 1 heterocycles. The quantitative estimate of drug-likeness (QED) is 0.698. The molecule has 0 radical (unpaired) electrons. The first-order valence-electron chi connectivity index (χ1n) is 9.91. The van der Waals surface area contributed by atoms with Crippen LogP contribution in [0.15, 0.2) is 59.1 Å². The number of nitrogens with zero attached hydrogens (tertiary/aromatic N) is 1. The standard InChI is InChI=1S/C25H23NO2/c1-14-7-6-8-15(11-14)20-21-18(12-25(2,3)13-19(21)27)26-23-16-9-4-5-10-17(16)24(28)22(20)23/h4-11,20-21H,12-13H2,1-3H3/t20-,21?/m0/s1. The van der Waals surface area contributed by atoms with Crippen LogP contribution in [-0.2, 0) is 4.79 Å². The molecule has 0 bridgehead atoms. The topological polar surface area (TPSA) is 46.5 Å². The van der Waals surface area contributed by atoms with Gasteiger partial charge in [0.25, 0.3) is 0 Å². The molecule has 1 aliphatic heterocycles. The Morgan fingerprint density at radius 2 is 1.68 bits per heavy atom. The summed E-state index contributed by atoms with van der Waals surface area (Å²) in [6.45, 7) is 6.31. The third-order valence-electron chi connectivity index (χ3n) is 6.25. The van der Waals surface area contributed by atoms with Crippen LogP contribution in [0.5, 0.6) is 0 Å². The van der Waals surface area contributed by atoms with Crippen molar-refractivity contribution in [2.45, 2.75) is 39.5 Å². The largest absolute Gasteiger partial charge is 0.299 e. The zero-order chi connectivity index (χ0) is 19.6. The molecule has 1 unspecified atom stereocenters. The number of rotatable bonds is 1. The Kier molecular flexibility index (Phi) is 3.61. The Hall–Kier alpha value is -2.81. The van der Waals surface area contributed by atoms with E-state index in [1.165, 1.54) is 0 Å². The Morgan fingerprint density at radius 3 is 2.43 bits per heavy atom. The summed E-state index contributed by atoms with van der Waals surface area (Å²) in [6.07, 6.45) is 1.32. The van der Waals surface area contributed by atoms with E-state index in [4.69, 9.17) is 4.99 Å². The first kappa shape index (κ1) is 17.3. The van der Waals surface area contributed by atoms with Crippen molar-refractivity contribution >= 4 is 23.0 Å². The highest BCUT2D eigenvalue weighted by Gasteiger charge is 2.49. The van der Waals surface area contributed by atoms with E-state index >= 15 is 0 Å². The van der Waals surface area contributed by atoms with Crippen molar-refractivity contribution in [3.8, 4) is 0 Å². The molecule has 28 heavy (non-hydrogen) atoms. The Labute approximate surface area is 165 Å². The van der Waals surface area contributed by atoms with Gasteiger partial charge in [0, 0.05) is 34.8 Å². The summed E-state index contributed by atoms with van der Waals surface area (Å²) < 4.78 is 0. The number of Topliss-reactive ketones (excluding diaryl/α,β-unsaturated/α-hetero) is 2. The van der Waals surface area contributed by atoms with Crippen LogP contribution in [0, 0.1) is 18.3 Å². The Balaban J connectivity index is 1.77. The molecule has 0 amide bonds. The summed E-state index contributed by atoms with van der Waals surface area (Å²) in [5.74, 6) is -0.341. The monoisotopic (exact) mass is 369 g/mol. The van der Waals surface area contributed by atoms with Gasteiger partial charge in [-0.2, -0.15) is 0 Å². The van der Waals surface area contributed by atoms with Crippen molar-refractivity contribution in [2.24, 2.45) is 16.3 Å². The second kappa shape index (κ2) is 5.84. The van der Waals surface area contributed by atoms with Crippen LogP contribution in [0.2, 0.25) is 0 Å². The number of allylic oxidation sites excluding steroid dienone is 1. The zero-order valence-electron chi connectivity index (χ0n) is 16.5. The van der Waals surface area contributed by atoms with Gasteiger partial charge in [-0.1, -0.05) is 67.9 Å². The molecule has 3 aliphatic rings. The molecule has 2 aromatic rings. The van der Waals surface area contributed by atoms with Gasteiger partial charge < -0.3 is 0 Å². The lowest BCUT2D eigenvalue weighted by atomic mass is 9.63. The molecule has 3 heteroatoms. The van der Waals surface area contributed by atoms with Gasteiger partial charge >= 0.3 is 0 Å². The van der Waals surface area contributed by atoms with E-state index in [1.54, 1.807) is 0 Å². The number of benzene rings is 2. The van der Waals surface area contributed by atoms with Crippen LogP contribution in [0.3, 0.4) is 0 Å². The second-order valence-corrected chi connectivity index (χ2v) is 9.09. The summed E-state index contributed by atoms with van der Waals surface area (Å²) in [5, 5.41) is 0.